The van der Waals surface area contributed by atoms with Gasteiger partial charge in [0, 0.05) is 24.7 Å². The van der Waals surface area contributed by atoms with Crippen LogP contribution in [0.15, 0.2) is 24.3 Å². The Hall–Kier alpha value is -0.980. The van der Waals surface area contributed by atoms with Gasteiger partial charge in [0.1, 0.15) is 5.82 Å². The maximum Gasteiger partial charge on any atom is 0.212 e. The van der Waals surface area contributed by atoms with E-state index in [4.69, 9.17) is 0 Å². The lowest BCUT2D eigenvalue weighted by Gasteiger charge is -2.15. The van der Waals surface area contributed by atoms with Gasteiger partial charge in [-0.1, -0.05) is 25.1 Å². The molecule has 0 aliphatic rings. The Morgan fingerprint density at radius 2 is 2.00 bits per heavy atom. The van der Waals surface area contributed by atoms with E-state index in [2.05, 4.69) is 10.0 Å². The molecule has 4 nitrogen and oxygen atoms in total. The fourth-order valence-electron chi connectivity index (χ4n) is 1.64. The van der Waals surface area contributed by atoms with Gasteiger partial charge in [-0.05, 0) is 13.0 Å². The quantitative estimate of drug-likeness (QED) is 0.790. The van der Waals surface area contributed by atoms with Crippen molar-refractivity contribution < 1.29 is 12.8 Å². The molecule has 1 aromatic carbocycles. The molecule has 0 saturated carbocycles. The lowest BCUT2D eigenvalue weighted by molar-refractivity contribution is 0.535. The molecule has 0 spiro atoms. The summed E-state index contributed by atoms with van der Waals surface area (Å²) in [5, 5.41) is 3.00. The van der Waals surface area contributed by atoms with Crippen molar-refractivity contribution in [2.45, 2.75) is 19.9 Å². The van der Waals surface area contributed by atoms with Gasteiger partial charge in [0.15, 0.2) is 0 Å². The Morgan fingerprint density at radius 3 is 2.61 bits per heavy atom. The SMILES string of the molecule is CCNS(=O)(=O)CCNC(C)c1ccccc1F. The molecule has 0 amide bonds. The van der Waals surface area contributed by atoms with Crippen LogP contribution in [0.25, 0.3) is 0 Å². The van der Waals surface area contributed by atoms with Crippen molar-refractivity contribution >= 4 is 10.0 Å². The molecule has 6 heteroatoms. The first kappa shape index (κ1) is 15.1. The fraction of sp³-hybridized carbons (Fsp3) is 0.500. The smallest absolute Gasteiger partial charge is 0.212 e. The van der Waals surface area contributed by atoms with Crippen molar-refractivity contribution in [3.63, 3.8) is 0 Å². The molecule has 1 unspecified atom stereocenters. The highest BCUT2D eigenvalue weighted by Gasteiger charge is 2.12. The molecule has 0 aliphatic heterocycles. The van der Waals surface area contributed by atoms with E-state index in [1.165, 1.54) is 6.07 Å². The molecule has 1 atom stereocenters. The highest BCUT2D eigenvalue weighted by molar-refractivity contribution is 7.89. The first-order valence-electron chi connectivity index (χ1n) is 5.91. The van der Waals surface area contributed by atoms with E-state index in [-0.39, 0.29) is 24.2 Å². The van der Waals surface area contributed by atoms with Gasteiger partial charge in [-0.25, -0.2) is 17.5 Å². The van der Waals surface area contributed by atoms with Crippen molar-refractivity contribution in [3.05, 3.63) is 35.6 Å². The molecule has 18 heavy (non-hydrogen) atoms. The Kier molecular flexibility index (Phi) is 5.71. The second-order valence-corrected chi connectivity index (χ2v) is 5.94. The van der Waals surface area contributed by atoms with Crippen molar-refractivity contribution in [2.75, 3.05) is 18.8 Å². The molecule has 0 saturated heterocycles. The molecular weight excluding hydrogens is 255 g/mol. The lowest BCUT2D eigenvalue weighted by Crippen LogP contribution is -2.32. The van der Waals surface area contributed by atoms with Crippen molar-refractivity contribution in [2.24, 2.45) is 0 Å². The Labute approximate surface area is 108 Å². The average molecular weight is 274 g/mol. The van der Waals surface area contributed by atoms with Gasteiger partial charge < -0.3 is 5.32 Å². The van der Waals surface area contributed by atoms with E-state index in [1.807, 2.05) is 0 Å². The summed E-state index contributed by atoms with van der Waals surface area (Å²) in [6, 6.07) is 6.24. The Bertz CT molecular complexity index is 477. The van der Waals surface area contributed by atoms with Crippen LogP contribution in [0.3, 0.4) is 0 Å². The Morgan fingerprint density at radius 1 is 1.33 bits per heavy atom. The van der Waals surface area contributed by atoms with Crippen LogP contribution in [0, 0.1) is 5.82 Å². The van der Waals surface area contributed by atoms with Crippen LogP contribution in [-0.2, 0) is 10.0 Å². The van der Waals surface area contributed by atoms with E-state index >= 15 is 0 Å². The second-order valence-electron chi connectivity index (χ2n) is 4.01. The van der Waals surface area contributed by atoms with Gasteiger partial charge in [0.2, 0.25) is 10.0 Å². The fourth-order valence-corrected chi connectivity index (χ4v) is 2.61. The minimum absolute atomic E-state index is 0.0143. The number of hydrogen-bond acceptors (Lipinski definition) is 3. The normalized spacial score (nSPS) is 13.5. The summed E-state index contributed by atoms with van der Waals surface area (Å²) in [6.07, 6.45) is 0. The molecule has 0 aliphatic carbocycles. The molecule has 0 heterocycles. The summed E-state index contributed by atoms with van der Waals surface area (Å²) in [6.45, 7) is 4.20. The standard InChI is InChI=1S/C12H19FN2O2S/c1-3-15-18(16,17)9-8-14-10(2)11-6-4-5-7-12(11)13/h4-7,10,14-15H,3,8-9H2,1-2H3. The van der Waals surface area contributed by atoms with E-state index in [1.54, 1.807) is 32.0 Å². The summed E-state index contributed by atoms with van der Waals surface area (Å²) >= 11 is 0. The Balaban J connectivity index is 2.48. The molecule has 0 aromatic heterocycles. The van der Waals surface area contributed by atoms with E-state index in [9.17, 15) is 12.8 Å². The van der Waals surface area contributed by atoms with Gasteiger partial charge in [-0.3, -0.25) is 0 Å². The van der Waals surface area contributed by atoms with Crippen LogP contribution in [-0.4, -0.2) is 27.3 Å². The summed E-state index contributed by atoms with van der Waals surface area (Å²) in [5.41, 5.74) is 0.540. The van der Waals surface area contributed by atoms with E-state index in [0.717, 1.165) is 0 Å². The minimum Gasteiger partial charge on any atom is -0.309 e. The van der Waals surface area contributed by atoms with Crippen LogP contribution in [0.5, 0.6) is 0 Å². The summed E-state index contributed by atoms with van der Waals surface area (Å²) < 4.78 is 38.6. The monoisotopic (exact) mass is 274 g/mol. The van der Waals surface area contributed by atoms with E-state index in [0.29, 0.717) is 12.1 Å². The van der Waals surface area contributed by atoms with Gasteiger partial charge in [-0.15, -0.1) is 0 Å². The third kappa shape index (κ3) is 4.72. The third-order valence-corrected chi connectivity index (χ3v) is 4.03. The van der Waals surface area contributed by atoms with Gasteiger partial charge >= 0.3 is 0 Å². The number of benzene rings is 1. The largest absolute Gasteiger partial charge is 0.309 e. The van der Waals surface area contributed by atoms with Crippen LogP contribution < -0.4 is 10.0 Å². The van der Waals surface area contributed by atoms with Gasteiger partial charge in [0.05, 0.1) is 5.75 Å². The number of rotatable bonds is 7. The summed E-state index contributed by atoms with van der Waals surface area (Å²) in [4.78, 5) is 0. The molecule has 0 radical (unpaired) electrons. The van der Waals surface area contributed by atoms with Gasteiger partial charge in [0.25, 0.3) is 0 Å². The topological polar surface area (TPSA) is 58.2 Å². The number of sulfonamides is 1. The van der Waals surface area contributed by atoms with Gasteiger partial charge in [-0.2, -0.15) is 0 Å². The average Bonchev–Trinajstić information content (AvgIpc) is 2.29. The molecule has 0 bridgehead atoms. The first-order valence-corrected chi connectivity index (χ1v) is 7.56. The maximum absolute atomic E-state index is 13.5. The third-order valence-electron chi connectivity index (χ3n) is 2.56. The highest BCUT2D eigenvalue weighted by atomic mass is 32.2. The number of hydrogen-bond donors (Lipinski definition) is 2. The molecule has 102 valence electrons. The zero-order valence-electron chi connectivity index (χ0n) is 10.6. The molecular formula is C12H19FN2O2S. The molecule has 2 N–H and O–H groups in total. The van der Waals surface area contributed by atoms with Crippen molar-refractivity contribution in [1.29, 1.82) is 0 Å². The predicted octanol–water partition coefficient (Wildman–Crippen LogP) is 1.42. The maximum atomic E-state index is 13.5. The van der Waals surface area contributed by atoms with Crippen LogP contribution in [0.2, 0.25) is 0 Å². The van der Waals surface area contributed by atoms with E-state index < -0.39 is 10.0 Å². The lowest BCUT2D eigenvalue weighted by atomic mass is 10.1. The van der Waals surface area contributed by atoms with Crippen LogP contribution in [0.4, 0.5) is 4.39 Å². The first-order chi connectivity index (χ1) is 8.46. The molecule has 1 aromatic rings. The predicted molar refractivity (Wildman–Crippen MR) is 70.3 cm³/mol. The number of halogens is 1. The summed E-state index contributed by atoms with van der Waals surface area (Å²) in [5.74, 6) is -0.299. The zero-order chi connectivity index (χ0) is 13.6. The van der Waals surface area contributed by atoms with Crippen molar-refractivity contribution in [3.8, 4) is 0 Å². The number of nitrogens with one attached hydrogen (secondary N) is 2. The molecule has 0 fully saturated rings. The molecule has 1 rings (SSSR count). The zero-order valence-corrected chi connectivity index (χ0v) is 11.4. The second kappa shape index (κ2) is 6.82. The highest BCUT2D eigenvalue weighted by Crippen LogP contribution is 2.15. The summed E-state index contributed by atoms with van der Waals surface area (Å²) in [7, 11) is -3.23. The van der Waals surface area contributed by atoms with Crippen LogP contribution >= 0.6 is 0 Å². The van der Waals surface area contributed by atoms with Crippen LogP contribution in [0.1, 0.15) is 25.5 Å². The minimum atomic E-state index is -3.23. The van der Waals surface area contributed by atoms with Crippen molar-refractivity contribution in [1.82, 2.24) is 10.0 Å².